The van der Waals surface area contributed by atoms with Gasteiger partial charge in [-0.05, 0) is 30.9 Å². The van der Waals surface area contributed by atoms with E-state index in [1.165, 1.54) is 18.9 Å². The number of carboxylic acid groups (broad SMARTS) is 1. The Bertz CT molecular complexity index is 475. The van der Waals surface area contributed by atoms with Gasteiger partial charge in [-0.2, -0.15) is 0 Å². The van der Waals surface area contributed by atoms with Crippen LogP contribution in [0.2, 0.25) is 0 Å². The molecule has 0 atom stereocenters. The molecule has 0 amide bonds. The molecular weight excluding hydrogens is 251 g/mol. The van der Waals surface area contributed by atoms with Crippen LogP contribution in [-0.4, -0.2) is 30.8 Å². The molecule has 1 aromatic rings. The molecule has 4 N–H and O–H groups in total. The van der Waals surface area contributed by atoms with Crippen LogP contribution in [0.5, 0.6) is 0 Å². The van der Waals surface area contributed by atoms with Crippen molar-refractivity contribution in [1.82, 2.24) is 0 Å². The summed E-state index contributed by atoms with van der Waals surface area (Å²) >= 11 is 0. The van der Waals surface area contributed by atoms with Crippen LogP contribution >= 0.6 is 0 Å². The number of hydrogen-bond donors (Lipinski definition) is 3. The molecule has 1 aliphatic rings. The first-order chi connectivity index (χ1) is 9.09. The van der Waals surface area contributed by atoms with Crippen LogP contribution in [0, 0.1) is 11.7 Å². The number of halogens is 1. The molecule has 5 nitrogen and oxygen atoms in total. The third kappa shape index (κ3) is 3.57. The van der Waals surface area contributed by atoms with Crippen LogP contribution in [0.1, 0.15) is 23.2 Å². The third-order valence-electron chi connectivity index (χ3n) is 3.02. The maximum absolute atomic E-state index is 13.2. The zero-order valence-electron chi connectivity index (χ0n) is 10.5. The Kier molecular flexibility index (Phi) is 4.21. The molecule has 1 aromatic carbocycles. The summed E-state index contributed by atoms with van der Waals surface area (Å²) in [5.74, 6) is -1.29. The maximum atomic E-state index is 13.2. The summed E-state index contributed by atoms with van der Waals surface area (Å²) in [6, 6.07) is 2.52. The summed E-state index contributed by atoms with van der Waals surface area (Å²) in [6.45, 7) is 1.68. The molecule has 1 fully saturated rings. The van der Waals surface area contributed by atoms with E-state index in [-0.39, 0.29) is 11.3 Å². The predicted molar refractivity (Wildman–Crippen MR) is 69.8 cm³/mol. The largest absolute Gasteiger partial charge is 0.478 e. The van der Waals surface area contributed by atoms with E-state index in [1.54, 1.807) is 0 Å². The first kappa shape index (κ1) is 13.6. The van der Waals surface area contributed by atoms with E-state index < -0.39 is 11.8 Å². The van der Waals surface area contributed by atoms with Crippen molar-refractivity contribution in [1.29, 1.82) is 0 Å². The topological polar surface area (TPSA) is 84.6 Å². The number of carboxylic acids is 1. The smallest absolute Gasteiger partial charge is 0.340 e. The van der Waals surface area contributed by atoms with Crippen molar-refractivity contribution in [3.63, 3.8) is 0 Å². The van der Waals surface area contributed by atoms with Crippen molar-refractivity contribution in [3.8, 4) is 0 Å². The highest BCUT2D eigenvalue weighted by Gasteiger charge is 2.21. The van der Waals surface area contributed by atoms with Crippen LogP contribution in [-0.2, 0) is 4.74 Å². The van der Waals surface area contributed by atoms with Gasteiger partial charge in [-0.3, -0.25) is 0 Å². The fraction of sp³-hybridized carbons (Fsp3) is 0.462. The molecule has 0 heterocycles. The van der Waals surface area contributed by atoms with Gasteiger partial charge in [0.2, 0.25) is 0 Å². The molecule has 0 unspecified atom stereocenters. The van der Waals surface area contributed by atoms with Gasteiger partial charge in [-0.25, -0.2) is 9.18 Å². The number of hydrogen-bond acceptors (Lipinski definition) is 4. The summed E-state index contributed by atoms with van der Waals surface area (Å²) in [7, 11) is 0. The minimum absolute atomic E-state index is 0.234. The van der Waals surface area contributed by atoms with Crippen molar-refractivity contribution >= 4 is 17.3 Å². The zero-order chi connectivity index (χ0) is 13.8. The van der Waals surface area contributed by atoms with E-state index in [4.69, 9.17) is 15.6 Å². The number of nitrogens with two attached hydrogens (primary N) is 1. The first-order valence-corrected chi connectivity index (χ1v) is 6.22. The van der Waals surface area contributed by atoms with E-state index in [0.717, 1.165) is 12.7 Å². The summed E-state index contributed by atoms with van der Waals surface area (Å²) in [5, 5.41) is 11.9. The lowest BCUT2D eigenvalue weighted by Gasteiger charge is -2.12. The van der Waals surface area contributed by atoms with E-state index in [1.807, 2.05) is 0 Å². The zero-order valence-corrected chi connectivity index (χ0v) is 10.5. The van der Waals surface area contributed by atoms with Crippen LogP contribution in [0.25, 0.3) is 0 Å². The molecule has 0 radical (unpaired) electrons. The molecule has 104 valence electrons. The van der Waals surface area contributed by atoms with Crippen LogP contribution < -0.4 is 11.1 Å². The second kappa shape index (κ2) is 5.88. The molecular formula is C13H17FN2O3. The van der Waals surface area contributed by atoms with Crippen molar-refractivity contribution in [3.05, 3.63) is 23.5 Å². The molecule has 19 heavy (non-hydrogen) atoms. The number of nitrogens with one attached hydrogen (secondary N) is 1. The van der Waals surface area contributed by atoms with Crippen molar-refractivity contribution in [2.45, 2.75) is 12.8 Å². The molecule has 0 aromatic heterocycles. The Hall–Kier alpha value is -1.82. The summed E-state index contributed by atoms with van der Waals surface area (Å²) in [6.07, 6.45) is 2.45. The minimum atomic E-state index is -1.25. The van der Waals surface area contributed by atoms with Crippen LogP contribution in [0.4, 0.5) is 15.8 Å². The van der Waals surface area contributed by atoms with Crippen molar-refractivity contribution in [2.75, 3.05) is 30.8 Å². The lowest BCUT2D eigenvalue weighted by molar-refractivity contribution is 0.0698. The van der Waals surface area contributed by atoms with Gasteiger partial charge in [0.05, 0.1) is 18.0 Å². The van der Waals surface area contributed by atoms with Gasteiger partial charge in [0.25, 0.3) is 0 Å². The van der Waals surface area contributed by atoms with Gasteiger partial charge in [0.15, 0.2) is 0 Å². The number of rotatable bonds is 7. The van der Waals surface area contributed by atoms with Gasteiger partial charge in [-0.1, -0.05) is 0 Å². The van der Waals surface area contributed by atoms with Crippen LogP contribution in [0.15, 0.2) is 12.1 Å². The number of benzene rings is 1. The Morgan fingerprint density at radius 2 is 2.26 bits per heavy atom. The van der Waals surface area contributed by atoms with E-state index in [2.05, 4.69) is 5.32 Å². The number of carbonyl (C=O) groups is 1. The van der Waals surface area contributed by atoms with Crippen LogP contribution in [0.3, 0.4) is 0 Å². The Morgan fingerprint density at radius 1 is 1.53 bits per heavy atom. The Balaban J connectivity index is 1.91. The third-order valence-corrected chi connectivity index (χ3v) is 3.02. The second-order valence-electron chi connectivity index (χ2n) is 4.63. The molecule has 1 aliphatic carbocycles. The SMILES string of the molecule is Nc1c(F)ccc(NCCOCC2CC2)c1C(=O)O. The summed E-state index contributed by atoms with van der Waals surface area (Å²) < 4.78 is 18.6. The summed E-state index contributed by atoms with van der Waals surface area (Å²) in [4.78, 5) is 11.1. The lowest BCUT2D eigenvalue weighted by Crippen LogP contribution is -2.15. The molecule has 2 rings (SSSR count). The summed E-state index contributed by atoms with van der Waals surface area (Å²) in [5.41, 5.74) is 5.16. The van der Waals surface area contributed by atoms with Crippen molar-refractivity contribution in [2.24, 2.45) is 5.92 Å². The predicted octanol–water partition coefficient (Wildman–Crippen LogP) is 1.94. The highest BCUT2D eigenvalue weighted by atomic mass is 19.1. The number of ether oxygens (including phenoxy) is 1. The second-order valence-corrected chi connectivity index (χ2v) is 4.63. The van der Waals surface area contributed by atoms with Gasteiger partial charge >= 0.3 is 5.97 Å². The van der Waals surface area contributed by atoms with Gasteiger partial charge in [-0.15, -0.1) is 0 Å². The van der Waals surface area contributed by atoms with Crippen molar-refractivity contribution < 1.29 is 19.0 Å². The highest BCUT2D eigenvalue weighted by molar-refractivity contribution is 6.00. The number of nitrogen functional groups attached to an aromatic ring is 1. The molecule has 0 aliphatic heterocycles. The average Bonchev–Trinajstić information content (AvgIpc) is 3.16. The molecule has 0 saturated heterocycles. The van der Waals surface area contributed by atoms with Gasteiger partial charge < -0.3 is 20.9 Å². The number of aromatic carboxylic acids is 1. The molecule has 1 saturated carbocycles. The fourth-order valence-electron chi connectivity index (χ4n) is 1.76. The average molecular weight is 268 g/mol. The molecule has 6 heteroatoms. The highest BCUT2D eigenvalue weighted by Crippen LogP contribution is 2.28. The Labute approximate surface area is 110 Å². The molecule has 0 spiro atoms. The molecule has 0 bridgehead atoms. The van der Waals surface area contributed by atoms with Gasteiger partial charge in [0, 0.05) is 13.2 Å². The fourth-order valence-corrected chi connectivity index (χ4v) is 1.76. The van der Waals surface area contributed by atoms with E-state index >= 15 is 0 Å². The van der Waals surface area contributed by atoms with E-state index in [9.17, 15) is 9.18 Å². The maximum Gasteiger partial charge on any atom is 0.340 e. The number of anilines is 2. The normalized spacial score (nSPS) is 14.4. The monoisotopic (exact) mass is 268 g/mol. The Morgan fingerprint density at radius 3 is 2.89 bits per heavy atom. The van der Waals surface area contributed by atoms with E-state index in [0.29, 0.717) is 24.8 Å². The van der Waals surface area contributed by atoms with Gasteiger partial charge in [0.1, 0.15) is 11.4 Å². The lowest BCUT2D eigenvalue weighted by atomic mass is 10.1. The quantitative estimate of drug-likeness (QED) is 0.520. The minimum Gasteiger partial charge on any atom is -0.478 e. The first-order valence-electron chi connectivity index (χ1n) is 6.22. The standard InChI is InChI=1S/C13H17FN2O3/c14-9-3-4-10(11(12(9)15)13(17)18)16-5-6-19-7-8-1-2-8/h3-4,8,16H,1-2,5-7,15H2,(H,17,18).